The first-order valence-corrected chi connectivity index (χ1v) is 11.6. The Hall–Kier alpha value is -1.09. The molecule has 0 radical (unpaired) electrons. The molecule has 2 rings (SSSR count). The Morgan fingerprint density at radius 1 is 0.731 bits per heavy atom. The fraction of sp³-hybridized carbons (Fsp3) is 0.652. The summed E-state index contributed by atoms with van der Waals surface area (Å²) in [6.07, 6.45) is 19.6. The van der Waals surface area contributed by atoms with Gasteiger partial charge in [-0.25, -0.2) is 4.41 Å². The van der Waals surface area contributed by atoms with Crippen molar-refractivity contribution in [1.29, 1.82) is 0 Å². The molecule has 1 aromatic rings. The Labute approximate surface area is 165 Å². The second-order valence-corrected chi connectivity index (χ2v) is 8.55. The van der Waals surface area contributed by atoms with Gasteiger partial charge in [0, 0.05) is 23.1 Å². The largest absolute Gasteiger partial charge is 0.294 e. The third kappa shape index (κ3) is 8.07. The number of anilines is 1. The molecule has 0 aliphatic carbocycles. The quantitative estimate of drug-likeness (QED) is 0.264. The normalized spacial score (nSPS) is 13.8. The van der Waals surface area contributed by atoms with Gasteiger partial charge in [-0.15, -0.1) is 0 Å². The van der Waals surface area contributed by atoms with E-state index < -0.39 is 0 Å². The summed E-state index contributed by atoms with van der Waals surface area (Å²) < 4.78 is 2.19. The summed E-state index contributed by atoms with van der Waals surface area (Å²) in [7, 11) is 0. The van der Waals surface area contributed by atoms with Crippen LogP contribution in [0.3, 0.4) is 0 Å². The molecule has 0 fully saturated rings. The minimum atomic E-state index is 1.20. The molecule has 0 aromatic heterocycles. The van der Waals surface area contributed by atoms with Crippen LogP contribution >= 0.6 is 11.9 Å². The SMILES string of the molecule is CCCCCCCCC1=CNN(c2ccc(CCCCCCC)cc2)S1. The third-order valence-electron chi connectivity index (χ3n) is 5.07. The van der Waals surface area contributed by atoms with Gasteiger partial charge in [0.05, 0.1) is 5.69 Å². The zero-order chi connectivity index (χ0) is 18.5. The van der Waals surface area contributed by atoms with Crippen LogP contribution in [-0.4, -0.2) is 0 Å². The molecule has 26 heavy (non-hydrogen) atoms. The van der Waals surface area contributed by atoms with Crippen molar-refractivity contribution < 1.29 is 0 Å². The van der Waals surface area contributed by atoms with Gasteiger partial charge >= 0.3 is 0 Å². The molecule has 0 saturated heterocycles. The summed E-state index contributed by atoms with van der Waals surface area (Å²) in [5.41, 5.74) is 6.12. The molecule has 0 saturated carbocycles. The second-order valence-electron chi connectivity index (χ2n) is 7.47. The smallest absolute Gasteiger partial charge is 0.0704 e. The molecule has 2 nitrogen and oxygen atoms in total. The van der Waals surface area contributed by atoms with Gasteiger partial charge < -0.3 is 0 Å². The number of nitrogens with zero attached hydrogens (tertiary/aromatic N) is 1. The Balaban J connectivity index is 1.62. The van der Waals surface area contributed by atoms with Crippen molar-refractivity contribution in [2.75, 3.05) is 4.41 Å². The Morgan fingerprint density at radius 3 is 1.96 bits per heavy atom. The first-order chi connectivity index (χ1) is 12.8. The molecule has 1 aromatic carbocycles. The predicted octanol–water partition coefficient (Wildman–Crippen LogP) is 7.76. The van der Waals surface area contributed by atoms with Crippen LogP contribution in [0, 0.1) is 0 Å². The lowest BCUT2D eigenvalue weighted by molar-refractivity contribution is 0.610. The van der Waals surface area contributed by atoms with Crippen molar-refractivity contribution in [3.8, 4) is 0 Å². The van der Waals surface area contributed by atoms with E-state index in [1.807, 2.05) is 11.9 Å². The molecule has 0 spiro atoms. The van der Waals surface area contributed by atoms with Gasteiger partial charge in [0.15, 0.2) is 0 Å². The molecule has 3 heteroatoms. The number of hydrogen-bond acceptors (Lipinski definition) is 3. The number of aryl methyl sites for hydroxylation is 1. The van der Waals surface area contributed by atoms with Crippen LogP contribution in [-0.2, 0) is 6.42 Å². The van der Waals surface area contributed by atoms with Crippen molar-refractivity contribution in [2.45, 2.75) is 97.3 Å². The van der Waals surface area contributed by atoms with Gasteiger partial charge in [0.25, 0.3) is 0 Å². The van der Waals surface area contributed by atoms with Crippen LogP contribution in [0.5, 0.6) is 0 Å². The summed E-state index contributed by atoms with van der Waals surface area (Å²) in [5, 5.41) is 0. The van der Waals surface area contributed by atoms with Crippen LogP contribution in [0.15, 0.2) is 35.4 Å². The highest BCUT2D eigenvalue weighted by Gasteiger charge is 2.15. The fourth-order valence-corrected chi connectivity index (χ4v) is 4.26. The maximum absolute atomic E-state index is 3.40. The average molecular weight is 375 g/mol. The average Bonchev–Trinajstić information content (AvgIpc) is 3.14. The van der Waals surface area contributed by atoms with Gasteiger partial charge in [-0.1, -0.05) is 83.8 Å². The number of rotatable bonds is 14. The molecular weight excluding hydrogens is 336 g/mol. The number of hydrogen-bond donors (Lipinski definition) is 1. The first-order valence-electron chi connectivity index (χ1n) is 10.9. The molecular formula is C23H38N2S. The standard InChI is InChI=1S/C23H38N2S/c1-3-5-7-9-11-13-15-23-20-24-25(26-23)22-18-16-21(17-19-22)14-12-10-8-6-4-2/h16-20,24H,3-15H2,1-2H3. The molecule has 0 atom stereocenters. The van der Waals surface area contributed by atoms with Crippen LogP contribution < -0.4 is 9.84 Å². The lowest BCUT2D eigenvalue weighted by Gasteiger charge is -2.17. The highest BCUT2D eigenvalue weighted by atomic mass is 32.2. The topological polar surface area (TPSA) is 15.3 Å². The highest BCUT2D eigenvalue weighted by Crippen LogP contribution is 2.33. The van der Waals surface area contributed by atoms with E-state index >= 15 is 0 Å². The second kappa shape index (κ2) is 13.1. The molecule has 0 bridgehead atoms. The lowest BCUT2D eigenvalue weighted by atomic mass is 10.1. The van der Waals surface area contributed by atoms with E-state index in [2.05, 4.69) is 54.2 Å². The molecule has 1 aliphatic rings. The molecule has 1 heterocycles. The monoisotopic (exact) mass is 374 g/mol. The van der Waals surface area contributed by atoms with Gasteiger partial charge in [-0.3, -0.25) is 5.43 Å². The van der Waals surface area contributed by atoms with E-state index in [0.29, 0.717) is 0 Å². The fourth-order valence-electron chi connectivity index (χ4n) is 3.36. The van der Waals surface area contributed by atoms with Crippen LogP contribution in [0.25, 0.3) is 0 Å². The Kier molecular flexibility index (Phi) is 10.7. The maximum Gasteiger partial charge on any atom is 0.0704 e. The summed E-state index contributed by atoms with van der Waals surface area (Å²) in [6.45, 7) is 4.55. The van der Waals surface area contributed by atoms with Gasteiger partial charge in [-0.2, -0.15) is 0 Å². The molecule has 0 unspecified atom stereocenters. The molecule has 146 valence electrons. The molecule has 1 aliphatic heterocycles. The summed E-state index contributed by atoms with van der Waals surface area (Å²) in [6, 6.07) is 9.10. The van der Waals surface area contributed by atoms with Crippen molar-refractivity contribution in [3.63, 3.8) is 0 Å². The highest BCUT2D eigenvalue weighted by molar-refractivity contribution is 8.04. The lowest BCUT2D eigenvalue weighted by Crippen LogP contribution is -2.22. The van der Waals surface area contributed by atoms with E-state index in [1.54, 1.807) is 0 Å². The van der Waals surface area contributed by atoms with Gasteiger partial charge in [0.2, 0.25) is 0 Å². The van der Waals surface area contributed by atoms with Crippen LogP contribution in [0.2, 0.25) is 0 Å². The Bertz CT molecular complexity index is 509. The number of unbranched alkanes of at least 4 members (excludes halogenated alkanes) is 9. The minimum absolute atomic E-state index is 1.20. The van der Waals surface area contributed by atoms with E-state index in [9.17, 15) is 0 Å². The van der Waals surface area contributed by atoms with Crippen LogP contribution in [0.4, 0.5) is 5.69 Å². The third-order valence-corrected chi connectivity index (χ3v) is 6.12. The minimum Gasteiger partial charge on any atom is -0.294 e. The summed E-state index contributed by atoms with van der Waals surface area (Å²) in [5.74, 6) is 0. The maximum atomic E-state index is 3.40. The van der Waals surface area contributed by atoms with Crippen LogP contribution in [0.1, 0.15) is 96.5 Å². The Morgan fingerprint density at radius 2 is 1.31 bits per heavy atom. The molecule has 0 amide bonds. The number of allylic oxidation sites excluding steroid dienone is 1. The van der Waals surface area contributed by atoms with E-state index in [0.717, 1.165) is 0 Å². The van der Waals surface area contributed by atoms with Crippen molar-refractivity contribution in [3.05, 3.63) is 40.9 Å². The predicted molar refractivity (Wildman–Crippen MR) is 118 cm³/mol. The first kappa shape index (κ1) is 21.2. The van der Waals surface area contributed by atoms with Gasteiger partial charge in [-0.05, 0) is 43.4 Å². The van der Waals surface area contributed by atoms with Crippen molar-refractivity contribution in [1.82, 2.24) is 5.43 Å². The number of benzene rings is 1. The molecule has 1 N–H and O–H groups in total. The van der Waals surface area contributed by atoms with E-state index in [4.69, 9.17) is 0 Å². The van der Waals surface area contributed by atoms with Crippen molar-refractivity contribution >= 4 is 17.6 Å². The van der Waals surface area contributed by atoms with E-state index in [-0.39, 0.29) is 0 Å². The van der Waals surface area contributed by atoms with Crippen molar-refractivity contribution in [2.24, 2.45) is 0 Å². The van der Waals surface area contributed by atoms with E-state index in [1.165, 1.54) is 99.6 Å². The summed E-state index contributed by atoms with van der Waals surface area (Å²) in [4.78, 5) is 1.46. The zero-order valence-electron chi connectivity index (χ0n) is 16.9. The van der Waals surface area contributed by atoms with Gasteiger partial charge in [0.1, 0.15) is 0 Å². The number of nitrogens with one attached hydrogen (secondary N) is 1. The summed E-state index contributed by atoms with van der Waals surface area (Å²) >= 11 is 1.85. The zero-order valence-corrected chi connectivity index (χ0v) is 17.8. The number of hydrazine groups is 1.